The molecule has 130 valence electrons. The standard InChI is InChI=1S/C17H24F3NO2/c1-2-3-4-5-6-7-8-15(17(18,19)20)23-16(22)13-9-11-14(21)12-10-13/h9-12,15H,2-8,21H2,1H3. The molecule has 6 heteroatoms. The molecule has 0 bridgehead atoms. The maximum Gasteiger partial charge on any atom is 0.425 e. The molecule has 0 aliphatic rings. The lowest BCUT2D eigenvalue weighted by molar-refractivity contribution is -0.206. The largest absolute Gasteiger partial charge is 0.449 e. The molecule has 0 aliphatic carbocycles. The van der Waals surface area contributed by atoms with Gasteiger partial charge in [0, 0.05) is 5.69 Å². The Balaban J connectivity index is 2.51. The van der Waals surface area contributed by atoms with Gasteiger partial charge in [-0.15, -0.1) is 0 Å². The van der Waals surface area contributed by atoms with Crippen LogP contribution < -0.4 is 5.73 Å². The Hall–Kier alpha value is -1.72. The highest BCUT2D eigenvalue weighted by atomic mass is 19.4. The lowest BCUT2D eigenvalue weighted by Gasteiger charge is -2.20. The number of rotatable bonds is 9. The minimum absolute atomic E-state index is 0.0661. The number of benzene rings is 1. The maximum absolute atomic E-state index is 13.0. The molecule has 0 amide bonds. The summed E-state index contributed by atoms with van der Waals surface area (Å²) in [6.07, 6.45) is -1.58. The molecular weight excluding hydrogens is 307 g/mol. The van der Waals surface area contributed by atoms with E-state index >= 15 is 0 Å². The fraction of sp³-hybridized carbons (Fsp3) is 0.588. The average molecular weight is 331 g/mol. The zero-order valence-corrected chi connectivity index (χ0v) is 13.4. The minimum Gasteiger partial charge on any atom is -0.449 e. The van der Waals surface area contributed by atoms with Crippen molar-refractivity contribution in [3.8, 4) is 0 Å². The second-order valence-corrected chi connectivity index (χ2v) is 5.61. The number of alkyl halides is 3. The molecule has 2 N–H and O–H groups in total. The zero-order chi connectivity index (χ0) is 17.3. The number of nitrogens with two attached hydrogens (primary N) is 1. The van der Waals surface area contributed by atoms with Crippen LogP contribution in [-0.2, 0) is 4.74 Å². The monoisotopic (exact) mass is 331 g/mol. The fourth-order valence-corrected chi connectivity index (χ4v) is 2.22. The van der Waals surface area contributed by atoms with Crippen molar-refractivity contribution in [2.24, 2.45) is 0 Å². The van der Waals surface area contributed by atoms with E-state index in [4.69, 9.17) is 5.73 Å². The van der Waals surface area contributed by atoms with Crippen molar-refractivity contribution in [2.45, 2.75) is 64.1 Å². The first-order chi connectivity index (χ1) is 10.8. The molecule has 1 aromatic carbocycles. The molecule has 0 aliphatic heterocycles. The molecule has 3 nitrogen and oxygen atoms in total. The number of hydrogen-bond acceptors (Lipinski definition) is 3. The second kappa shape index (κ2) is 9.43. The molecule has 0 saturated carbocycles. The molecule has 1 atom stereocenters. The molecule has 0 saturated heterocycles. The van der Waals surface area contributed by atoms with E-state index in [-0.39, 0.29) is 12.0 Å². The van der Waals surface area contributed by atoms with E-state index in [1.807, 2.05) is 0 Å². The highest BCUT2D eigenvalue weighted by Crippen LogP contribution is 2.28. The van der Waals surface area contributed by atoms with E-state index in [1.54, 1.807) is 0 Å². The minimum atomic E-state index is -4.55. The molecule has 0 fully saturated rings. The van der Waals surface area contributed by atoms with E-state index < -0.39 is 18.2 Å². The summed E-state index contributed by atoms with van der Waals surface area (Å²) in [5.41, 5.74) is 5.98. The van der Waals surface area contributed by atoms with E-state index in [0.717, 1.165) is 25.7 Å². The van der Waals surface area contributed by atoms with E-state index in [9.17, 15) is 18.0 Å². The van der Waals surface area contributed by atoms with Gasteiger partial charge in [-0.25, -0.2) is 4.79 Å². The normalized spacial score (nSPS) is 12.9. The lowest BCUT2D eigenvalue weighted by Crippen LogP contribution is -2.33. The molecule has 0 spiro atoms. The highest BCUT2D eigenvalue weighted by Gasteiger charge is 2.42. The predicted molar refractivity (Wildman–Crippen MR) is 84.1 cm³/mol. The van der Waals surface area contributed by atoms with Crippen LogP contribution >= 0.6 is 0 Å². The van der Waals surface area contributed by atoms with Crippen LogP contribution in [0.4, 0.5) is 18.9 Å². The number of hydrogen-bond donors (Lipinski definition) is 1. The molecular formula is C17H24F3NO2. The van der Waals surface area contributed by atoms with Gasteiger partial charge in [-0.05, 0) is 37.1 Å². The van der Waals surface area contributed by atoms with Crippen molar-refractivity contribution < 1.29 is 22.7 Å². The Bertz CT molecular complexity index is 472. The highest BCUT2D eigenvalue weighted by molar-refractivity contribution is 5.89. The molecule has 0 aromatic heterocycles. The number of anilines is 1. The van der Waals surface area contributed by atoms with Crippen LogP contribution in [-0.4, -0.2) is 18.2 Å². The third-order valence-corrected chi connectivity index (χ3v) is 3.58. The summed E-state index contributed by atoms with van der Waals surface area (Å²) < 4.78 is 43.6. The predicted octanol–water partition coefficient (Wildman–Crippen LogP) is 5.11. The van der Waals surface area contributed by atoms with Gasteiger partial charge >= 0.3 is 12.1 Å². The van der Waals surface area contributed by atoms with Crippen LogP contribution in [0.1, 0.15) is 62.2 Å². The molecule has 0 heterocycles. The number of carbonyl (C=O) groups excluding carboxylic acids is 1. The van der Waals surface area contributed by atoms with Crippen molar-refractivity contribution >= 4 is 11.7 Å². The third-order valence-electron chi connectivity index (χ3n) is 3.58. The Kier molecular flexibility index (Phi) is 7.92. The van der Waals surface area contributed by atoms with Crippen molar-refractivity contribution in [2.75, 3.05) is 5.73 Å². The SMILES string of the molecule is CCCCCCCCC(OC(=O)c1ccc(N)cc1)C(F)(F)F. The van der Waals surface area contributed by atoms with E-state index in [1.165, 1.54) is 24.3 Å². The third kappa shape index (κ3) is 7.39. The summed E-state index contributed by atoms with van der Waals surface area (Å²) in [6, 6.07) is 5.62. The first kappa shape index (κ1) is 19.3. The molecule has 1 rings (SSSR count). The maximum atomic E-state index is 13.0. The summed E-state index contributed by atoms with van der Waals surface area (Å²) in [5.74, 6) is -0.974. The van der Waals surface area contributed by atoms with Crippen LogP contribution in [0.15, 0.2) is 24.3 Å². The van der Waals surface area contributed by atoms with Crippen LogP contribution in [0.2, 0.25) is 0 Å². The summed E-state index contributed by atoms with van der Waals surface area (Å²) in [4.78, 5) is 11.8. The summed E-state index contributed by atoms with van der Waals surface area (Å²) >= 11 is 0. The molecule has 1 aromatic rings. The van der Waals surface area contributed by atoms with Crippen LogP contribution in [0.25, 0.3) is 0 Å². The number of nitrogen functional groups attached to an aromatic ring is 1. The Morgan fingerprint density at radius 3 is 2.22 bits per heavy atom. The van der Waals surface area contributed by atoms with Gasteiger partial charge in [0.05, 0.1) is 5.56 Å². The molecule has 1 unspecified atom stereocenters. The van der Waals surface area contributed by atoms with Crippen LogP contribution in [0.5, 0.6) is 0 Å². The number of esters is 1. The van der Waals surface area contributed by atoms with Crippen LogP contribution in [0, 0.1) is 0 Å². The van der Waals surface area contributed by atoms with Crippen molar-refractivity contribution in [3.63, 3.8) is 0 Å². The first-order valence-electron chi connectivity index (χ1n) is 7.97. The second-order valence-electron chi connectivity index (χ2n) is 5.61. The smallest absolute Gasteiger partial charge is 0.425 e. The number of unbranched alkanes of at least 4 members (excludes halogenated alkanes) is 5. The van der Waals surface area contributed by atoms with Gasteiger partial charge in [0.15, 0.2) is 6.10 Å². The van der Waals surface area contributed by atoms with Crippen molar-refractivity contribution in [3.05, 3.63) is 29.8 Å². The lowest BCUT2D eigenvalue weighted by atomic mass is 10.1. The topological polar surface area (TPSA) is 52.3 Å². The zero-order valence-electron chi connectivity index (χ0n) is 13.4. The summed E-state index contributed by atoms with van der Waals surface area (Å²) in [6.45, 7) is 2.08. The Morgan fingerprint density at radius 2 is 1.65 bits per heavy atom. The van der Waals surface area contributed by atoms with E-state index in [0.29, 0.717) is 18.5 Å². The van der Waals surface area contributed by atoms with Gasteiger partial charge in [0.2, 0.25) is 0 Å². The van der Waals surface area contributed by atoms with Crippen molar-refractivity contribution in [1.29, 1.82) is 0 Å². The van der Waals surface area contributed by atoms with Gasteiger partial charge in [-0.1, -0.05) is 39.0 Å². The van der Waals surface area contributed by atoms with E-state index in [2.05, 4.69) is 11.7 Å². The van der Waals surface area contributed by atoms with Gasteiger partial charge in [0.1, 0.15) is 0 Å². The quantitative estimate of drug-likeness (QED) is 0.389. The Morgan fingerprint density at radius 1 is 1.09 bits per heavy atom. The average Bonchev–Trinajstić information content (AvgIpc) is 2.49. The summed E-state index contributed by atoms with van der Waals surface area (Å²) in [7, 11) is 0. The van der Waals surface area contributed by atoms with Gasteiger partial charge < -0.3 is 10.5 Å². The molecule has 0 radical (unpaired) electrons. The number of carbonyl (C=O) groups is 1. The van der Waals surface area contributed by atoms with Crippen LogP contribution in [0.3, 0.4) is 0 Å². The van der Waals surface area contributed by atoms with Gasteiger partial charge in [-0.3, -0.25) is 0 Å². The summed E-state index contributed by atoms with van der Waals surface area (Å²) in [5, 5.41) is 0. The van der Waals surface area contributed by atoms with Gasteiger partial charge in [-0.2, -0.15) is 13.2 Å². The fourth-order valence-electron chi connectivity index (χ4n) is 2.22. The Labute approximate surface area is 135 Å². The molecule has 23 heavy (non-hydrogen) atoms. The van der Waals surface area contributed by atoms with Gasteiger partial charge in [0.25, 0.3) is 0 Å². The van der Waals surface area contributed by atoms with Crippen molar-refractivity contribution in [1.82, 2.24) is 0 Å². The number of halogens is 3. The number of ether oxygens (including phenoxy) is 1. The first-order valence-corrected chi connectivity index (χ1v) is 7.97.